The smallest absolute Gasteiger partial charge is 0.293 e. The number of benzene rings is 1. The van der Waals surface area contributed by atoms with E-state index in [2.05, 4.69) is 10.3 Å². The van der Waals surface area contributed by atoms with Gasteiger partial charge in [-0.05, 0) is 0 Å². The Balaban J connectivity index is 0.00000261. The van der Waals surface area contributed by atoms with Crippen LogP contribution in [-0.2, 0) is 6.54 Å². The molecular weight excluding hydrogens is 392 g/mol. The average molecular weight is 409 g/mol. The number of nitrogens with zero attached hydrogens (tertiary/aromatic N) is 3. The molecule has 2 heterocycles. The van der Waals surface area contributed by atoms with E-state index in [1.807, 2.05) is 4.90 Å². The molecule has 148 valence electrons. The highest BCUT2D eigenvalue weighted by atomic mass is 35.5. The molecule has 1 aliphatic rings. The lowest BCUT2D eigenvalue weighted by molar-refractivity contribution is 0.257. The first kappa shape index (κ1) is 21.0. The van der Waals surface area contributed by atoms with Crippen molar-refractivity contribution < 1.29 is 22.3 Å². The molecule has 1 aliphatic heterocycles. The Morgan fingerprint density at radius 1 is 1.11 bits per heavy atom. The topological polar surface area (TPSA) is 59.4 Å². The van der Waals surface area contributed by atoms with Gasteiger partial charge in [0.05, 0.1) is 6.54 Å². The standard InChI is InChI=1S/C16H16F4N4O2.ClH/c17-10-9-11(18)13(20)14(12(10)19)26-8-7-24-6-3-22-15(16(24)25)23-4-1-21-2-5-23;/h3,6,9,21H,1-2,4-5,7-8H2;1H. The number of anilines is 1. The van der Waals surface area contributed by atoms with E-state index in [9.17, 15) is 22.4 Å². The Hall–Kier alpha value is -2.33. The first-order valence-corrected chi connectivity index (χ1v) is 7.96. The van der Waals surface area contributed by atoms with Gasteiger partial charge in [-0.1, -0.05) is 0 Å². The van der Waals surface area contributed by atoms with Crippen molar-refractivity contribution in [3.63, 3.8) is 0 Å². The minimum absolute atomic E-state index is 0. The molecule has 27 heavy (non-hydrogen) atoms. The molecule has 0 radical (unpaired) electrons. The Kier molecular flexibility index (Phi) is 7.03. The molecular formula is C16H17ClF4N4O2. The zero-order valence-corrected chi connectivity index (χ0v) is 14.9. The third-order valence-corrected chi connectivity index (χ3v) is 3.96. The SMILES string of the molecule is Cl.O=c1c(N2CCNCC2)nccn1CCOc1c(F)c(F)cc(F)c1F. The van der Waals surface area contributed by atoms with E-state index in [0.717, 1.165) is 13.1 Å². The zero-order chi connectivity index (χ0) is 18.7. The van der Waals surface area contributed by atoms with Gasteiger partial charge >= 0.3 is 0 Å². The number of halogens is 5. The van der Waals surface area contributed by atoms with Crippen molar-refractivity contribution in [2.45, 2.75) is 6.54 Å². The summed E-state index contributed by atoms with van der Waals surface area (Å²) in [7, 11) is 0. The second-order valence-electron chi connectivity index (χ2n) is 5.63. The second kappa shape index (κ2) is 9.05. The molecule has 1 N–H and O–H groups in total. The second-order valence-corrected chi connectivity index (χ2v) is 5.63. The first-order chi connectivity index (χ1) is 12.5. The Morgan fingerprint density at radius 3 is 2.37 bits per heavy atom. The maximum atomic E-state index is 13.6. The van der Waals surface area contributed by atoms with E-state index >= 15 is 0 Å². The molecule has 6 nitrogen and oxygen atoms in total. The predicted octanol–water partition coefficient (Wildman–Crippen LogP) is 1.71. The largest absolute Gasteiger partial charge is 0.486 e. The Bertz CT molecular complexity index is 833. The van der Waals surface area contributed by atoms with Crippen molar-refractivity contribution in [2.75, 3.05) is 37.7 Å². The van der Waals surface area contributed by atoms with Crippen LogP contribution in [0, 0.1) is 23.3 Å². The number of nitrogens with one attached hydrogen (secondary N) is 1. The van der Waals surface area contributed by atoms with Crippen LogP contribution in [0.4, 0.5) is 23.4 Å². The fraction of sp³-hybridized carbons (Fsp3) is 0.375. The van der Waals surface area contributed by atoms with Gasteiger partial charge in [-0.15, -0.1) is 12.4 Å². The molecule has 0 atom stereocenters. The number of hydrogen-bond donors (Lipinski definition) is 1. The van der Waals surface area contributed by atoms with E-state index in [1.54, 1.807) is 0 Å². The van der Waals surface area contributed by atoms with Crippen molar-refractivity contribution in [1.82, 2.24) is 14.9 Å². The molecule has 1 saturated heterocycles. The predicted molar refractivity (Wildman–Crippen MR) is 92.6 cm³/mol. The van der Waals surface area contributed by atoms with Gasteiger partial charge in [0.25, 0.3) is 5.56 Å². The molecule has 0 bridgehead atoms. The van der Waals surface area contributed by atoms with Gasteiger partial charge in [-0.2, -0.15) is 8.78 Å². The van der Waals surface area contributed by atoms with Crippen LogP contribution in [0.5, 0.6) is 5.75 Å². The maximum absolute atomic E-state index is 13.6. The summed E-state index contributed by atoms with van der Waals surface area (Å²) in [5.41, 5.74) is -0.385. The highest BCUT2D eigenvalue weighted by Crippen LogP contribution is 2.26. The van der Waals surface area contributed by atoms with Crippen LogP contribution in [0.1, 0.15) is 0 Å². The van der Waals surface area contributed by atoms with E-state index in [0.29, 0.717) is 13.1 Å². The molecule has 0 unspecified atom stereocenters. The number of rotatable bonds is 5. The van der Waals surface area contributed by atoms with Crippen LogP contribution in [0.2, 0.25) is 0 Å². The molecule has 11 heteroatoms. The molecule has 1 aromatic heterocycles. The van der Waals surface area contributed by atoms with Crippen molar-refractivity contribution >= 4 is 18.2 Å². The molecule has 1 fully saturated rings. The van der Waals surface area contributed by atoms with Gasteiger partial charge in [0.15, 0.2) is 23.2 Å². The van der Waals surface area contributed by atoms with E-state index in [4.69, 9.17) is 4.74 Å². The zero-order valence-electron chi connectivity index (χ0n) is 14.1. The van der Waals surface area contributed by atoms with Crippen LogP contribution in [-0.4, -0.2) is 42.3 Å². The minimum Gasteiger partial charge on any atom is -0.486 e. The van der Waals surface area contributed by atoms with Crippen molar-refractivity contribution in [3.05, 3.63) is 52.1 Å². The fourth-order valence-corrected chi connectivity index (χ4v) is 2.63. The maximum Gasteiger partial charge on any atom is 0.293 e. The summed E-state index contributed by atoms with van der Waals surface area (Å²) in [5, 5.41) is 3.16. The lowest BCUT2D eigenvalue weighted by Gasteiger charge is -2.27. The van der Waals surface area contributed by atoms with Gasteiger partial charge in [0.1, 0.15) is 6.61 Å². The summed E-state index contributed by atoms with van der Waals surface area (Å²) in [5.74, 6) is -7.22. The minimum atomic E-state index is -1.62. The third kappa shape index (κ3) is 4.51. The van der Waals surface area contributed by atoms with Gasteiger partial charge in [0.2, 0.25) is 11.6 Å². The van der Waals surface area contributed by atoms with Crippen molar-refractivity contribution in [3.8, 4) is 5.75 Å². The quantitative estimate of drug-likeness (QED) is 0.603. The molecule has 2 aromatic rings. The monoisotopic (exact) mass is 408 g/mol. The molecule has 0 spiro atoms. The van der Waals surface area contributed by atoms with E-state index in [-0.39, 0.29) is 43.0 Å². The lowest BCUT2D eigenvalue weighted by atomic mass is 10.3. The van der Waals surface area contributed by atoms with Crippen LogP contribution < -0.4 is 20.5 Å². The third-order valence-electron chi connectivity index (χ3n) is 3.96. The van der Waals surface area contributed by atoms with Gasteiger partial charge in [0, 0.05) is 44.6 Å². The van der Waals surface area contributed by atoms with Crippen LogP contribution in [0.3, 0.4) is 0 Å². The first-order valence-electron chi connectivity index (χ1n) is 7.96. The molecule has 3 rings (SSSR count). The normalized spacial score (nSPS) is 14.0. The molecule has 1 aromatic carbocycles. The van der Waals surface area contributed by atoms with E-state index < -0.39 is 29.0 Å². The van der Waals surface area contributed by atoms with Crippen molar-refractivity contribution in [1.29, 1.82) is 0 Å². The number of piperazine rings is 1. The van der Waals surface area contributed by atoms with Crippen LogP contribution in [0.15, 0.2) is 23.3 Å². The average Bonchev–Trinajstić information content (AvgIpc) is 2.65. The molecule has 0 saturated carbocycles. The summed E-state index contributed by atoms with van der Waals surface area (Å²) in [6.45, 7) is 2.27. The highest BCUT2D eigenvalue weighted by Gasteiger charge is 2.21. The summed E-state index contributed by atoms with van der Waals surface area (Å²) >= 11 is 0. The summed E-state index contributed by atoms with van der Waals surface area (Å²) in [6.07, 6.45) is 2.83. The summed E-state index contributed by atoms with van der Waals surface area (Å²) < 4.78 is 59.5. The number of ether oxygens (including phenoxy) is 1. The van der Waals surface area contributed by atoms with Gasteiger partial charge < -0.3 is 19.5 Å². The van der Waals surface area contributed by atoms with Gasteiger partial charge in [-0.25, -0.2) is 13.8 Å². The highest BCUT2D eigenvalue weighted by molar-refractivity contribution is 5.85. The van der Waals surface area contributed by atoms with E-state index in [1.165, 1.54) is 17.0 Å². The number of hydrogen-bond acceptors (Lipinski definition) is 5. The fourth-order valence-electron chi connectivity index (χ4n) is 2.63. The molecule has 0 amide bonds. The van der Waals surface area contributed by atoms with Crippen molar-refractivity contribution in [2.24, 2.45) is 0 Å². The van der Waals surface area contributed by atoms with Gasteiger partial charge in [-0.3, -0.25) is 4.79 Å². The number of aromatic nitrogens is 2. The summed E-state index contributed by atoms with van der Waals surface area (Å²) in [6, 6.07) is 0.102. The Morgan fingerprint density at radius 2 is 1.74 bits per heavy atom. The lowest BCUT2D eigenvalue weighted by Crippen LogP contribution is -2.46. The summed E-state index contributed by atoms with van der Waals surface area (Å²) in [4.78, 5) is 18.4. The van der Waals surface area contributed by atoms with Crippen LogP contribution >= 0.6 is 12.4 Å². The van der Waals surface area contributed by atoms with Crippen LogP contribution in [0.25, 0.3) is 0 Å². The Labute approximate surface area is 158 Å². The molecule has 0 aliphatic carbocycles.